The predicted octanol–water partition coefficient (Wildman–Crippen LogP) is 2.53. The third-order valence-corrected chi connectivity index (χ3v) is 5.01. The van der Waals surface area contributed by atoms with Crippen molar-refractivity contribution in [2.45, 2.75) is 50.5 Å². The molecule has 1 saturated carbocycles. The molecule has 1 N–H and O–H groups in total. The van der Waals surface area contributed by atoms with Crippen molar-refractivity contribution in [2.75, 3.05) is 27.9 Å². The lowest BCUT2D eigenvalue weighted by Gasteiger charge is -2.31. The van der Waals surface area contributed by atoms with Crippen LogP contribution in [0.15, 0.2) is 12.1 Å². The van der Waals surface area contributed by atoms with Crippen molar-refractivity contribution in [1.29, 1.82) is 5.26 Å². The highest BCUT2D eigenvalue weighted by Gasteiger charge is 2.33. The van der Waals surface area contributed by atoms with E-state index < -0.39 is 24.0 Å². The van der Waals surface area contributed by atoms with E-state index in [1.807, 2.05) is 0 Å². The first kappa shape index (κ1) is 22.3. The molecule has 29 heavy (non-hydrogen) atoms. The van der Waals surface area contributed by atoms with Crippen LogP contribution >= 0.6 is 0 Å². The Morgan fingerprint density at radius 3 is 2.21 bits per heavy atom. The van der Waals surface area contributed by atoms with Gasteiger partial charge in [-0.3, -0.25) is 9.59 Å². The van der Waals surface area contributed by atoms with E-state index in [1.54, 1.807) is 12.1 Å². The number of esters is 1. The Labute approximate surface area is 171 Å². The van der Waals surface area contributed by atoms with Crippen molar-refractivity contribution in [2.24, 2.45) is 0 Å². The molecule has 0 saturated heterocycles. The molecule has 0 spiro atoms. The maximum Gasteiger partial charge on any atom is 0.306 e. The summed E-state index contributed by atoms with van der Waals surface area (Å²) in [5.74, 6) is 0.540. The molecular formula is C21H28N2O6. The second-order valence-corrected chi connectivity index (χ2v) is 7.00. The van der Waals surface area contributed by atoms with Gasteiger partial charge in [0, 0.05) is 6.42 Å². The van der Waals surface area contributed by atoms with E-state index in [-0.39, 0.29) is 6.42 Å². The highest BCUT2D eigenvalue weighted by molar-refractivity contribution is 5.81. The summed E-state index contributed by atoms with van der Waals surface area (Å²) in [6.07, 6.45) is 4.61. The Morgan fingerprint density at radius 1 is 1.07 bits per heavy atom. The van der Waals surface area contributed by atoms with Crippen molar-refractivity contribution < 1.29 is 28.5 Å². The fourth-order valence-electron chi connectivity index (χ4n) is 3.47. The van der Waals surface area contributed by atoms with Crippen LogP contribution in [0.3, 0.4) is 0 Å². The van der Waals surface area contributed by atoms with Crippen LogP contribution in [0.25, 0.3) is 0 Å². The number of nitrogens with zero attached hydrogens (tertiary/aromatic N) is 1. The molecule has 0 aromatic heterocycles. The molecule has 1 aromatic rings. The standard InChI is InChI=1S/C21H28N2O6/c1-26-16-11-15(12-17(27-2)20(16)28-3)7-8-19(25)29-13-18(24)23-21(14-22)9-5-4-6-10-21/h11-12H,4-10,13H2,1-3H3,(H,23,24). The van der Waals surface area contributed by atoms with Crippen molar-refractivity contribution in [1.82, 2.24) is 5.32 Å². The van der Waals surface area contributed by atoms with Gasteiger partial charge in [0.2, 0.25) is 5.75 Å². The van der Waals surface area contributed by atoms with Crippen molar-refractivity contribution in [3.8, 4) is 23.3 Å². The molecule has 0 bridgehead atoms. The van der Waals surface area contributed by atoms with Gasteiger partial charge in [-0.15, -0.1) is 0 Å². The number of carbonyl (C=O) groups excluding carboxylic acids is 2. The van der Waals surface area contributed by atoms with Gasteiger partial charge in [0.05, 0.1) is 27.4 Å². The highest BCUT2D eigenvalue weighted by atomic mass is 16.5. The first-order valence-corrected chi connectivity index (χ1v) is 9.63. The Kier molecular flexibility index (Phi) is 8.13. The quantitative estimate of drug-likeness (QED) is 0.630. The minimum Gasteiger partial charge on any atom is -0.493 e. The number of amides is 1. The number of nitrogens with one attached hydrogen (secondary N) is 1. The largest absolute Gasteiger partial charge is 0.493 e. The highest BCUT2D eigenvalue weighted by Crippen LogP contribution is 2.38. The molecule has 0 unspecified atom stereocenters. The number of benzene rings is 1. The van der Waals surface area contributed by atoms with E-state index in [4.69, 9.17) is 18.9 Å². The molecule has 1 amide bonds. The van der Waals surface area contributed by atoms with Crippen LogP contribution < -0.4 is 19.5 Å². The second kappa shape index (κ2) is 10.6. The lowest BCUT2D eigenvalue weighted by molar-refractivity contribution is -0.149. The number of carbonyl (C=O) groups is 2. The number of nitriles is 1. The Hall–Kier alpha value is -2.95. The molecule has 1 aliphatic carbocycles. The molecular weight excluding hydrogens is 376 g/mol. The maximum atomic E-state index is 12.1. The molecule has 2 rings (SSSR count). The summed E-state index contributed by atoms with van der Waals surface area (Å²) in [7, 11) is 4.56. The molecule has 158 valence electrons. The smallest absolute Gasteiger partial charge is 0.306 e. The minimum absolute atomic E-state index is 0.0926. The van der Waals surface area contributed by atoms with Gasteiger partial charge in [0.1, 0.15) is 5.54 Å². The summed E-state index contributed by atoms with van der Waals surface area (Å²) in [4.78, 5) is 24.1. The lowest BCUT2D eigenvalue weighted by atomic mass is 9.83. The average Bonchev–Trinajstić information content (AvgIpc) is 2.75. The zero-order chi connectivity index (χ0) is 21.3. The van der Waals surface area contributed by atoms with E-state index in [9.17, 15) is 14.9 Å². The van der Waals surface area contributed by atoms with E-state index >= 15 is 0 Å². The van der Waals surface area contributed by atoms with Gasteiger partial charge in [-0.1, -0.05) is 19.3 Å². The van der Waals surface area contributed by atoms with E-state index in [0.29, 0.717) is 36.5 Å². The van der Waals surface area contributed by atoms with E-state index in [2.05, 4.69) is 11.4 Å². The first-order chi connectivity index (χ1) is 14.0. The van der Waals surface area contributed by atoms with Crippen LogP contribution in [0.4, 0.5) is 0 Å². The second-order valence-electron chi connectivity index (χ2n) is 7.00. The van der Waals surface area contributed by atoms with Gasteiger partial charge in [-0.05, 0) is 37.0 Å². The summed E-state index contributed by atoms with van der Waals surface area (Å²) in [6, 6.07) is 5.74. The number of hydrogen-bond acceptors (Lipinski definition) is 7. The topological polar surface area (TPSA) is 107 Å². The fourth-order valence-corrected chi connectivity index (χ4v) is 3.47. The zero-order valence-corrected chi connectivity index (χ0v) is 17.2. The molecule has 0 heterocycles. The normalized spacial score (nSPS) is 15.0. The van der Waals surface area contributed by atoms with E-state index in [0.717, 1.165) is 24.8 Å². The third kappa shape index (κ3) is 6.01. The van der Waals surface area contributed by atoms with Crippen molar-refractivity contribution >= 4 is 11.9 Å². The molecule has 8 heteroatoms. The molecule has 8 nitrogen and oxygen atoms in total. The van der Waals surface area contributed by atoms with Crippen LogP contribution in [0, 0.1) is 11.3 Å². The van der Waals surface area contributed by atoms with E-state index in [1.165, 1.54) is 21.3 Å². The summed E-state index contributed by atoms with van der Waals surface area (Å²) >= 11 is 0. The monoisotopic (exact) mass is 404 g/mol. The zero-order valence-electron chi connectivity index (χ0n) is 17.2. The van der Waals surface area contributed by atoms with Crippen molar-refractivity contribution in [3.05, 3.63) is 17.7 Å². The van der Waals surface area contributed by atoms with Crippen LogP contribution in [-0.2, 0) is 20.7 Å². The SMILES string of the molecule is COc1cc(CCC(=O)OCC(=O)NC2(C#N)CCCCC2)cc(OC)c1OC. The van der Waals surface area contributed by atoms with Crippen LogP contribution in [0.2, 0.25) is 0 Å². The summed E-state index contributed by atoms with van der Waals surface area (Å²) in [5, 5.41) is 12.1. The minimum atomic E-state index is -0.835. The van der Waals surface area contributed by atoms with Gasteiger partial charge in [0.25, 0.3) is 5.91 Å². The fraction of sp³-hybridized carbons (Fsp3) is 0.571. The van der Waals surface area contributed by atoms with Gasteiger partial charge >= 0.3 is 5.97 Å². The summed E-state index contributed by atoms with van der Waals surface area (Å²) in [6.45, 7) is -0.391. The molecule has 1 aliphatic rings. The Balaban J connectivity index is 1.85. The van der Waals surface area contributed by atoms with Gasteiger partial charge < -0.3 is 24.3 Å². The molecule has 0 atom stereocenters. The molecule has 0 aliphatic heterocycles. The predicted molar refractivity (Wildman–Crippen MR) is 105 cm³/mol. The third-order valence-electron chi connectivity index (χ3n) is 5.01. The first-order valence-electron chi connectivity index (χ1n) is 9.63. The van der Waals surface area contributed by atoms with Crippen LogP contribution in [0.5, 0.6) is 17.2 Å². The lowest BCUT2D eigenvalue weighted by Crippen LogP contribution is -2.50. The van der Waals surface area contributed by atoms with Gasteiger partial charge in [0.15, 0.2) is 18.1 Å². The van der Waals surface area contributed by atoms with Gasteiger partial charge in [-0.25, -0.2) is 0 Å². The maximum absolute atomic E-state index is 12.1. The number of aryl methyl sites for hydroxylation is 1. The number of methoxy groups -OCH3 is 3. The van der Waals surface area contributed by atoms with Crippen LogP contribution in [-0.4, -0.2) is 45.4 Å². The molecule has 1 fully saturated rings. The Morgan fingerprint density at radius 2 is 1.69 bits per heavy atom. The van der Waals surface area contributed by atoms with Gasteiger partial charge in [-0.2, -0.15) is 5.26 Å². The summed E-state index contributed by atoms with van der Waals surface area (Å²) in [5.41, 5.74) is -0.0238. The number of ether oxygens (including phenoxy) is 4. The average molecular weight is 404 g/mol. The molecule has 1 aromatic carbocycles. The van der Waals surface area contributed by atoms with Crippen LogP contribution in [0.1, 0.15) is 44.1 Å². The Bertz CT molecular complexity index is 740. The molecule has 0 radical (unpaired) electrons. The number of rotatable bonds is 9. The van der Waals surface area contributed by atoms with Crippen molar-refractivity contribution in [3.63, 3.8) is 0 Å². The summed E-state index contributed by atoms with van der Waals surface area (Å²) < 4.78 is 20.9. The number of hydrogen-bond donors (Lipinski definition) is 1.